The minimum atomic E-state index is -0.618. The molecule has 17 nitrogen and oxygen atoms in total. The number of nitrogens with two attached hydrogens (primary N) is 2. The minimum Gasteiger partial charge on any atom is -0.489 e. The zero-order valence-electron chi connectivity index (χ0n) is 31.4. The monoisotopic (exact) mass is 759 g/mol. The van der Waals surface area contributed by atoms with E-state index in [1.165, 1.54) is 0 Å². The molecule has 2 atom stereocenters. The fourth-order valence-corrected chi connectivity index (χ4v) is 7.66. The first-order valence-electron chi connectivity index (χ1n) is 18.5. The van der Waals surface area contributed by atoms with Crippen LogP contribution in [-0.2, 0) is 19.5 Å². The first-order valence-corrected chi connectivity index (χ1v) is 18.5. The number of anilines is 1. The van der Waals surface area contributed by atoms with Crippen LogP contribution in [0.25, 0.3) is 22.1 Å². The second-order valence-corrected chi connectivity index (χ2v) is 14.0. The number of aryl methyl sites for hydroxylation is 4. The Hall–Kier alpha value is -6.78. The van der Waals surface area contributed by atoms with E-state index in [9.17, 15) is 19.2 Å². The average molecular weight is 760 g/mol. The van der Waals surface area contributed by atoms with Crippen molar-refractivity contribution in [3.63, 3.8) is 0 Å². The number of nitrogens with one attached hydrogen (secondary N) is 1. The van der Waals surface area contributed by atoms with Crippen LogP contribution in [-0.4, -0.2) is 75.4 Å². The highest BCUT2D eigenvalue weighted by Crippen LogP contribution is 2.40. The standard InChI is InChI=1S/C39H41N11O6/c1-5-47-28(11-20(3)45-47)30(51)17-33-42-26-13-22(36(40)52)15-31-34(26)49(33)24(18-55-31)9-7-8-10-25-19-56-32-16-23(37(41)53)14-27-35(32)50(25)39(43-27)44-38(54)29-12-21(4)46-48(29)6-2/h7-8,11-16,24-25H,5-6,9-10,17-19H2,1-4H3,(H2,40,52)(H2,41,53)(H,43,44,54)/b8-7-/t24-,25-/m0/s1. The lowest BCUT2D eigenvalue weighted by Crippen LogP contribution is -2.26. The van der Waals surface area contributed by atoms with E-state index < -0.39 is 11.8 Å². The number of ketones is 1. The highest BCUT2D eigenvalue weighted by molar-refractivity contribution is 6.04. The third-order valence-corrected chi connectivity index (χ3v) is 10.2. The number of carbonyl (C=O) groups excluding carboxylic acids is 4. The first-order chi connectivity index (χ1) is 26.9. The first kappa shape index (κ1) is 36.2. The van der Waals surface area contributed by atoms with Crippen LogP contribution in [0.4, 0.5) is 5.95 Å². The molecule has 5 N–H and O–H groups in total. The molecular weight excluding hydrogens is 718 g/mol. The van der Waals surface area contributed by atoms with Crippen LogP contribution >= 0.6 is 0 Å². The van der Waals surface area contributed by atoms with Crippen LogP contribution in [0.5, 0.6) is 11.5 Å². The van der Waals surface area contributed by atoms with E-state index in [1.54, 1.807) is 45.8 Å². The quantitative estimate of drug-likeness (QED) is 0.112. The molecule has 0 saturated heterocycles. The van der Waals surface area contributed by atoms with Crippen molar-refractivity contribution >= 4 is 51.5 Å². The lowest BCUT2D eigenvalue weighted by molar-refractivity contribution is 0.0973. The van der Waals surface area contributed by atoms with Crippen LogP contribution in [0, 0.1) is 13.8 Å². The number of nitrogens with zero attached hydrogens (tertiary/aromatic N) is 8. The number of primary amides is 2. The molecule has 4 aromatic heterocycles. The molecule has 0 aliphatic carbocycles. The topological polar surface area (TPSA) is 222 Å². The molecule has 8 rings (SSSR count). The smallest absolute Gasteiger partial charge is 0.276 e. The molecule has 2 aliphatic heterocycles. The van der Waals surface area contributed by atoms with Gasteiger partial charge in [0.05, 0.1) is 40.9 Å². The number of hydrogen-bond acceptors (Lipinski definition) is 10. The van der Waals surface area contributed by atoms with Gasteiger partial charge in [-0.25, -0.2) is 9.97 Å². The molecule has 3 amide bonds. The lowest BCUT2D eigenvalue weighted by Gasteiger charge is -2.27. The molecule has 2 aromatic carbocycles. The molecule has 6 heterocycles. The summed E-state index contributed by atoms with van der Waals surface area (Å²) in [5.41, 5.74) is 16.4. The summed E-state index contributed by atoms with van der Waals surface area (Å²) >= 11 is 0. The van der Waals surface area contributed by atoms with E-state index >= 15 is 0 Å². The Kier molecular flexibility index (Phi) is 9.14. The summed E-state index contributed by atoms with van der Waals surface area (Å²) in [5, 5.41) is 11.8. The molecule has 0 spiro atoms. The van der Waals surface area contributed by atoms with Crippen LogP contribution in [0.15, 0.2) is 48.6 Å². The second-order valence-electron chi connectivity index (χ2n) is 14.0. The Morgan fingerprint density at radius 3 is 1.84 bits per heavy atom. The molecule has 56 heavy (non-hydrogen) atoms. The maximum Gasteiger partial charge on any atom is 0.276 e. The van der Waals surface area contributed by atoms with Crippen LogP contribution < -0.4 is 26.3 Å². The van der Waals surface area contributed by atoms with E-state index in [0.29, 0.717) is 88.4 Å². The van der Waals surface area contributed by atoms with Gasteiger partial charge in [0.15, 0.2) is 5.78 Å². The van der Waals surface area contributed by atoms with Crippen LogP contribution in [0.1, 0.15) is 97.7 Å². The summed E-state index contributed by atoms with van der Waals surface area (Å²) < 4.78 is 19.6. The fraction of sp³-hybridized carbons (Fsp3) is 0.333. The number of rotatable bonds is 13. The van der Waals surface area contributed by atoms with Gasteiger partial charge in [0.25, 0.3) is 5.91 Å². The SMILES string of the molecule is CCn1nc(C)cc1C(=O)Cc1nc2cc(C(N)=O)cc3c2n1[C@@H](C/C=C\C[C@H]1COc2cc(C(N)=O)cc4nc(NC(=O)c5cc(C)nn5CC)n1c24)CO3. The van der Waals surface area contributed by atoms with E-state index in [2.05, 4.69) is 15.5 Å². The van der Waals surface area contributed by atoms with Gasteiger partial charge in [-0.2, -0.15) is 10.2 Å². The fourth-order valence-electron chi connectivity index (χ4n) is 7.66. The predicted octanol–water partition coefficient (Wildman–Crippen LogP) is 4.21. The maximum absolute atomic E-state index is 13.7. The van der Waals surface area contributed by atoms with Crippen molar-refractivity contribution in [2.75, 3.05) is 18.5 Å². The summed E-state index contributed by atoms with van der Waals surface area (Å²) in [6, 6.07) is 9.43. The van der Waals surface area contributed by atoms with Crippen molar-refractivity contribution in [2.24, 2.45) is 11.5 Å². The summed E-state index contributed by atoms with van der Waals surface area (Å²) in [7, 11) is 0. The maximum atomic E-state index is 13.7. The van der Waals surface area contributed by atoms with Gasteiger partial charge in [-0.15, -0.1) is 0 Å². The number of allylic oxidation sites excluding steroid dienone is 2. The predicted molar refractivity (Wildman–Crippen MR) is 205 cm³/mol. The van der Waals surface area contributed by atoms with Gasteiger partial charge in [0.2, 0.25) is 17.8 Å². The zero-order valence-corrected chi connectivity index (χ0v) is 31.4. The molecule has 0 saturated carbocycles. The minimum absolute atomic E-state index is 0.0192. The summed E-state index contributed by atoms with van der Waals surface area (Å²) in [4.78, 5) is 61.1. The number of carbonyl (C=O) groups is 4. The summed E-state index contributed by atoms with van der Waals surface area (Å²) in [6.07, 6.45) is 5.15. The molecule has 0 unspecified atom stereocenters. The van der Waals surface area contributed by atoms with Gasteiger partial charge in [0.1, 0.15) is 53.0 Å². The van der Waals surface area contributed by atoms with E-state index in [1.807, 2.05) is 49.0 Å². The molecule has 0 radical (unpaired) electrons. The highest BCUT2D eigenvalue weighted by atomic mass is 16.5. The number of imidazole rings is 2. The van der Waals surface area contributed by atoms with Gasteiger partial charge in [-0.3, -0.25) is 38.4 Å². The Bertz CT molecular complexity index is 2450. The van der Waals surface area contributed by atoms with Gasteiger partial charge >= 0.3 is 0 Å². The van der Waals surface area contributed by atoms with Gasteiger partial charge < -0.3 is 25.5 Å². The number of hydrogen-bond donors (Lipinski definition) is 3. The molecular formula is C39H41N11O6. The number of aromatic nitrogens is 8. The Balaban J connectivity index is 1.08. The van der Waals surface area contributed by atoms with Crippen molar-refractivity contribution in [2.45, 2.75) is 72.1 Å². The third-order valence-electron chi connectivity index (χ3n) is 10.2. The third kappa shape index (κ3) is 6.33. The van der Waals surface area contributed by atoms with Gasteiger partial charge in [0, 0.05) is 24.2 Å². The Labute approximate surface area is 320 Å². The highest BCUT2D eigenvalue weighted by Gasteiger charge is 2.31. The summed E-state index contributed by atoms with van der Waals surface area (Å²) in [5.74, 6) is 0.0584. The number of benzene rings is 2. The van der Waals surface area contributed by atoms with Crippen LogP contribution in [0.2, 0.25) is 0 Å². The van der Waals surface area contributed by atoms with E-state index in [4.69, 9.17) is 30.9 Å². The Morgan fingerprint density at radius 2 is 1.27 bits per heavy atom. The van der Waals surface area contributed by atoms with Crippen molar-refractivity contribution in [1.82, 2.24) is 38.7 Å². The summed E-state index contributed by atoms with van der Waals surface area (Å²) in [6.45, 7) is 9.09. The van der Waals surface area contributed by atoms with Gasteiger partial charge in [-0.05, 0) is 76.9 Å². The number of Topliss-reactive ketones (excluding diaryl/α,β-unsaturated/α-hetero) is 1. The lowest BCUT2D eigenvalue weighted by atomic mass is 10.1. The van der Waals surface area contributed by atoms with Gasteiger partial charge in [-0.1, -0.05) is 12.2 Å². The van der Waals surface area contributed by atoms with E-state index in [0.717, 1.165) is 5.69 Å². The van der Waals surface area contributed by atoms with Crippen molar-refractivity contribution < 1.29 is 28.7 Å². The largest absolute Gasteiger partial charge is 0.489 e. The van der Waals surface area contributed by atoms with Crippen LogP contribution in [0.3, 0.4) is 0 Å². The molecule has 17 heteroatoms. The average Bonchev–Trinajstić information content (AvgIpc) is 3.95. The zero-order chi connectivity index (χ0) is 39.4. The normalized spacial score (nSPS) is 16.0. The second kappa shape index (κ2) is 14.1. The van der Waals surface area contributed by atoms with E-state index in [-0.39, 0.29) is 54.5 Å². The van der Waals surface area contributed by atoms with Crippen molar-refractivity contribution in [3.05, 3.63) is 88.3 Å². The molecule has 0 fully saturated rings. The number of amides is 3. The molecule has 0 bridgehead atoms. The van der Waals surface area contributed by atoms with Crippen molar-refractivity contribution in [3.8, 4) is 11.5 Å². The molecule has 288 valence electrons. The molecule has 6 aromatic rings. The number of ether oxygens (including phenoxy) is 2. The van der Waals surface area contributed by atoms with Crippen molar-refractivity contribution in [1.29, 1.82) is 0 Å². The Morgan fingerprint density at radius 1 is 0.750 bits per heavy atom. The molecule has 2 aliphatic rings.